The molecule has 0 spiro atoms. The second kappa shape index (κ2) is 7.33. The highest BCUT2D eigenvalue weighted by atomic mass is 16.6. The van der Waals surface area contributed by atoms with Crippen LogP contribution in [0.4, 0.5) is 5.69 Å². The molecule has 0 radical (unpaired) electrons. The van der Waals surface area contributed by atoms with Gasteiger partial charge in [-0.1, -0.05) is 24.3 Å². The first kappa shape index (κ1) is 18.8. The first-order chi connectivity index (χ1) is 15.7. The van der Waals surface area contributed by atoms with Crippen LogP contribution in [0.25, 0.3) is 22.1 Å². The number of benzene rings is 3. The van der Waals surface area contributed by atoms with Gasteiger partial charge in [0.25, 0.3) is 0 Å². The van der Waals surface area contributed by atoms with Crippen LogP contribution in [0.1, 0.15) is 16.7 Å². The Bertz CT molecular complexity index is 1460. The average molecular weight is 426 g/mol. The van der Waals surface area contributed by atoms with Gasteiger partial charge in [-0.25, -0.2) is 9.26 Å². The number of para-hydroxylation sites is 1. The highest BCUT2D eigenvalue weighted by molar-refractivity contribution is 5.88. The SMILES string of the molecule is [O-][N+]1(Cc2ccc3nonc3c2)c2ccccc2C=NCC1Cc1ccc2nonc2c1. The molecule has 9 nitrogen and oxygen atoms in total. The molecule has 3 aromatic carbocycles. The Kier molecular flexibility index (Phi) is 4.30. The summed E-state index contributed by atoms with van der Waals surface area (Å²) in [6.07, 6.45) is 2.33. The number of hydroxylamine groups is 2. The lowest BCUT2D eigenvalue weighted by Gasteiger charge is -2.48. The van der Waals surface area contributed by atoms with E-state index in [-0.39, 0.29) is 12.6 Å². The van der Waals surface area contributed by atoms with E-state index < -0.39 is 4.65 Å². The van der Waals surface area contributed by atoms with Crippen LogP contribution in [0.2, 0.25) is 0 Å². The molecule has 3 heterocycles. The van der Waals surface area contributed by atoms with Crippen LogP contribution in [0.5, 0.6) is 0 Å². The van der Waals surface area contributed by atoms with Crippen molar-refractivity contribution in [3.63, 3.8) is 0 Å². The van der Waals surface area contributed by atoms with E-state index in [2.05, 4.69) is 25.6 Å². The van der Waals surface area contributed by atoms with Crippen molar-refractivity contribution in [2.75, 3.05) is 6.54 Å². The summed E-state index contributed by atoms with van der Waals surface area (Å²) in [6.45, 7) is 0.642. The molecule has 0 bridgehead atoms. The molecule has 32 heavy (non-hydrogen) atoms. The van der Waals surface area contributed by atoms with Gasteiger partial charge in [0.15, 0.2) is 0 Å². The molecule has 1 aliphatic heterocycles. The number of benzodiazepines with no additional fused rings is 1. The lowest BCUT2D eigenvalue weighted by molar-refractivity contribution is 0.272. The summed E-state index contributed by atoms with van der Waals surface area (Å²) < 4.78 is 9.10. The first-order valence-electron chi connectivity index (χ1n) is 10.3. The molecular formula is C23H18N6O3. The topological polar surface area (TPSA) is 113 Å². The summed E-state index contributed by atoms with van der Waals surface area (Å²) in [4.78, 5) is 4.60. The minimum absolute atomic E-state index is 0.238. The Labute approximate surface area is 182 Å². The van der Waals surface area contributed by atoms with E-state index in [9.17, 15) is 5.21 Å². The zero-order chi connectivity index (χ0) is 21.5. The van der Waals surface area contributed by atoms with Crippen LogP contribution in [-0.2, 0) is 13.0 Å². The number of nitrogens with zero attached hydrogens (tertiary/aromatic N) is 6. The van der Waals surface area contributed by atoms with Gasteiger partial charge >= 0.3 is 0 Å². The van der Waals surface area contributed by atoms with E-state index in [1.54, 1.807) is 6.21 Å². The number of aromatic nitrogens is 4. The maximum absolute atomic E-state index is 14.7. The second-order valence-electron chi connectivity index (χ2n) is 8.04. The Morgan fingerprint density at radius 3 is 2.25 bits per heavy atom. The number of rotatable bonds is 4. The van der Waals surface area contributed by atoms with Crippen molar-refractivity contribution in [2.24, 2.45) is 4.99 Å². The van der Waals surface area contributed by atoms with Crippen molar-refractivity contribution in [3.05, 3.63) is 82.6 Å². The normalized spacial score (nSPS) is 20.5. The predicted molar refractivity (Wildman–Crippen MR) is 119 cm³/mol. The maximum Gasteiger partial charge on any atom is 0.142 e. The van der Waals surface area contributed by atoms with Crippen LogP contribution >= 0.6 is 0 Å². The Hall–Kier alpha value is -3.95. The van der Waals surface area contributed by atoms with Crippen molar-refractivity contribution in [2.45, 2.75) is 19.0 Å². The van der Waals surface area contributed by atoms with Gasteiger partial charge in [-0.2, -0.15) is 0 Å². The molecule has 6 rings (SSSR count). The second-order valence-corrected chi connectivity index (χ2v) is 8.04. The zero-order valence-corrected chi connectivity index (χ0v) is 17.0. The fourth-order valence-electron chi connectivity index (χ4n) is 4.39. The maximum atomic E-state index is 14.7. The fraction of sp³-hybridized carbons (Fsp3) is 0.174. The molecule has 5 aromatic rings. The van der Waals surface area contributed by atoms with Gasteiger partial charge in [0.2, 0.25) is 0 Å². The van der Waals surface area contributed by atoms with Crippen LogP contribution in [0, 0.1) is 5.21 Å². The number of hydrogen-bond acceptors (Lipinski definition) is 8. The fourth-order valence-corrected chi connectivity index (χ4v) is 4.39. The predicted octanol–water partition coefficient (Wildman–Crippen LogP) is 3.81. The molecule has 2 unspecified atom stereocenters. The van der Waals surface area contributed by atoms with Gasteiger partial charge in [-0.05, 0) is 56.5 Å². The molecule has 0 fully saturated rings. The Balaban J connectivity index is 1.42. The van der Waals surface area contributed by atoms with Gasteiger partial charge < -0.3 is 9.85 Å². The number of aliphatic imine (C=N–C) groups is 1. The van der Waals surface area contributed by atoms with E-state index in [1.165, 1.54) is 0 Å². The van der Waals surface area contributed by atoms with Gasteiger partial charge in [-0.3, -0.25) is 4.99 Å². The van der Waals surface area contributed by atoms with E-state index in [0.29, 0.717) is 40.7 Å². The van der Waals surface area contributed by atoms with Gasteiger partial charge in [-0.15, -0.1) is 0 Å². The van der Waals surface area contributed by atoms with E-state index in [0.717, 1.165) is 16.7 Å². The number of hydrogen-bond donors (Lipinski definition) is 0. The van der Waals surface area contributed by atoms with E-state index in [4.69, 9.17) is 9.26 Å². The molecule has 0 amide bonds. The summed E-state index contributed by atoms with van der Waals surface area (Å²) >= 11 is 0. The molecule has 0 saturated carbocycles. The molecule has 2 atom stereocenters. The highest BCUT2D eigenvalue weighted by Crippen LogP contribution is 2.35. The lowest BCUT2D eigenvalue weighted by Crippen LogP contribution is -2.53. The Morgan fingerprint density at radius 2 is 1.47 bits per heavy atom. The quantitative estimate of drug-likeness (QED) is 0.317. The third kappa shape index (κ3) is 3.15. The summed E-state index contributed by atoms with van der Waals surface area (Å²) in [7, 11) is 0. The molecule has 2 aromatic heterocycles. The van der Waals surface area contributed by atoms with Crippen LogP contribution < -0.4 is 4.65 Å². The standard InChI is InChI=1S/C23H18N6O3/c30-29(14-16-6-8-20-22(11-16)28-32-26-20)18(13-24-12-17-3-1-2-4-23(17)29)9-15-5-7-19-21(10-15)27-31-25-19/h1-8,10-12,18H,9,13-14H2. The van der Waals surface area contributed by atoms with Crippen molar-refractivity contribution < 1.29 is 9.26 Å². The number of quaternary nitrogens is 1. The van der Waals surface area contributed by atoms with Crippen LogP contribution in [0.15, 0.2) is 74.9 Å². The summed E-state index contributed by atoms with van der Waals surface area (Å²) in [6, 6.07) is 18.7. The largest absolute Gasteiger partial charge is 0.627 e. The van der Waals surface area contributed by atoms with E-state index in [1.807, 2.05) is 60.7 Å². The third-order valence-electron chi connectivity index (χ3n) is 6.01. The summed E-state index contributed by atoms with van der Waals surface area (Å²) in [5.74, 6) is 0. The van der Waals surface area contributed by atoms with Crippen molar-refractivity contribution in [1.82, 2.24) is 25.3 Å². The monoisotopic (exact) mass is 426 g/mol. The molecular weight excluding hydrogens is 408 g/mol. The molecule has 1 aliphatic rings. The minimum atomic E-state index is -0.540. The molecule has 0 aliphatic carbocycles. The van der Waals surface area contributed by atoms with Gasteiger partial charge in [0.1, 0.15) is 40.3 Å². The number of fused-ring (bicyclic) bond motifs is 3. The summed E-state index contributed by atoms with van der Waals surface area (Å²) in [5, 5.41) is 30.3. The van der Waals surface area contributed by atoms with Crippen molar-refractivity contribution in [1.29, 1.82) is 0 Å². The lowest BCUT2D eigenvalue weighted by atomic mass is 10.0. The smallest absolute Gasteiger partial charge is 0.142 e. The average Bonchev–Trinajstić information content (AvgIpc) is 3.44. The minimum Gasteiger partial charge on any atom is -0.627 e. The van der Waals surface area contributed by atoms with Gasteiger partial charge in [0.05, 0.1) is 12.1 Å². The molecule has 0 saturated heterocycles. The molecule has 158 valence electrons. The van der Waals surface area contributed by atoms with Crippen molar-refractivity contribution >= 4 is 34.0 Å². The van der Waals surface area contributed by atoms with Crippen LogP contribution in [-0.4, -0.2) is 39.4 Å². The highest BCUT2D eigenvalue weighted by Gasteiger charge is 2.35. The van der Waals surface area contributed by atoms with Crippen molar-refractivity contribution in [3.8, 4) is 0 Å². The zero-order valence-electron chi connectivity index (χ0n) is 17.0. The Morgan fingerprint density at radius 1 is 0.812 bits per heavy atom. The van der Waals surface area contributed by atoms with Crippen LogP contribution in [0.3, 0.4) is 0 Å². The molecule has 9 heteroatoms. The summed E-state index contributed by atoms with van der Waals surface area (Å²) in [5.41, 5.74) is 6.05. The first-order valence-corrected chi connectivity index (χ1v) is 10.3. The van der Waals surface area contributed by atoms with Gasteiger partial charge in [0, 0.05) is 24.3 Å². The third-order valence-corrected chi connectivity index (χ3v) is 6.01. The molecule has 0 N–H and O–H groups in total. The van der Waals surface area contributed by atoms with E-state index >= 15 is 0 Å².